The third-order valence-corrected chi connectivity index (χ3v) is 3.88. The smallest absolute Gasteiger partial charge is 0.274 e. The first-order valence-corrected chi connectivity index (χ1v) is 6.96. The Bertz CT molecular complexity index is 446. The first-order valence-electron chi connectivity index (χ1n) is 6.59. The van der Waals surface area contributed by atoms with Crippen molar-refractivity contribution in [3.63, 3.8) is 0 Å². The van der Waals surface area contributed by atoms with Crippen LogP contribution in [0.25, 0.3) is 0 Å². The SMILES string of the molecule is CCN1CCC(N(C)C(=O)c2cncc(Cl)n2)CC1. The molecule has 0 aliphatic carbocycles. The van der Waals surface area contributed by atoms with Crippen LogP contribution < -0.4 is 0 Å². The summed E-state index contributed by atoms with van der Waals surface area (Å²) < 4.78 is 0. The molecule has 1 fully saturated rings. The maximum absolute atomic E-state index is 12.3. The Morgan fingerprint density at radius 3 is 2.74 bits per heavy atom. The molecule has 19 heavy (non-hydrogen) atoms. The van der Waals surface area contributed by atoms with E-state index in [1.54, 1.807) is 4.90 Å². The van der Waals surface area contributed by atoms with E-state index in [4.69, 9.17) is 11.6 Å². The number of carbonyl (C=O) groups excluding carboxylic acids is 1. The van der Waals surface area contributed by atoms with E-state index in [-0.39, 0.29) is 17.1 Å². The first-order chi connectivity index (χ1) is 9.11. The Balaban J connectivity index is 2.00. The molecule has 2 heterocycles. The van der Waals surface area contributed by atoms with Crippen LogP contribution >= 0.6 is 11.6 Å². The van der Waals surface area contributed by atoms with Gasteiger partial charge in [0.15, 0.2) is 0 Å². The number of likely N-dealkylation sites (tertiary alicyclic amines) is 1. The third-order valence-electron chi connectivity index (χ3n) is 3.70. The lowest BCUT2D eigenvalue weighted by Crippen LogP contribution is -2.45. The first kappa shape index (κ1) is 14.2. The normalized spacial score (nSPS) is 17.4. The minimum Gasteiger partial charge on any atom is -0.337 e. The highest BCUT2D eigenvalue weighted by molar-refractivity contribution is 6.29. The zero-order chi connectivity index (χ0) is 13.8. The van der Waals surface area contributed by atoms with Gasteiger partial charge in [-0.15, -0.1) is 0 Å². The molecule has 1 saturated heterocycles. The summed E-state index contributed by atoms with van der Waals surface area (Å²) in [5.74, 6) is -0.107. The molecule has 104 valence electrons. The molecular weight excluding hydrogens is 264 g/mol. The summed E-state index contributed by atoms with van der Waals surface area (Å²) in [5, 5.41) is 0.250. The standard InChI is InChI=1S/C13H19ClN4O/c1-3-18-6-4-10(5-7-18)17(2)13(19)11-8-15-9-12(14)16-11/h8-10H,3-7H2,1-2H3. The van der Waals surface area contributed by atoms with Crippen LogP contribution in [0.1, 0.15) is 30.3 Å². The predicted octanol–water partition coefficient (Wildman–Crippen LogP) is 1.69. The van der Waals surface area contributed by atoms with Crippen LogP contribution in [-0.2, 0) is 0 Å². The second-order valence-corrected chi connectivity index (χ2v) is 5.20. The average molecular weight is 283 g/mol. The van der Waals surface area contributed by atoms with Gasteiger partial charge in [0.25, 0.3) is 5.91 Å². The molecule has 6 heteroatoms. The summed E-state index contributed by atoms with van der Waals surface area (Å²) in [6, 6.07) is 0.274. The van der Waals surface area contributed by atoms with Gasteiger partial charge in [0.2, 0.25) is 0 Å². The Kier molecular flexibility index (Phi) is 4.71. The maximum Gasteiger partial charge on any atom is 0.274 e. The number of amides is 1. The maximum atomic E-state index is 12.3. The van der Waals surface area contributed by atoms with E-state index in [0.717, 1.165) is 32.5 Å². The van der Waals surface area contributed by atoms with Gasteiger partial charge >= 0.3 is 0 Å². The van der Waals surface area contributed by atoms with Gasteiger partial charge < -0.3 is 9.80 Å². The number of carbonyl (C=O) groups is 1. The van der Waals surface area contributed by atoms with Crippen LogP contribution in [0.5, 0.6) is 0 Å². The van der Waals surface area contributed by atoms with Crippen LogP contribution in [0.4, 0.5) is 0 Å². The number of hydrogen-bond acceptors (Lipinski definition) is 4. The number of hydrogen-bond donors (Lipinski definition) is 0. The molecule has 1 aromatic rings. The summed E-state index contributed by atoms with van der Waals surface area (Å²) in [6.07, 6.45) is 4.90. The lowest BCUT2D eigenvalue weighted by molar-refractivity contribution is 0.0640. The van der Waals surface area contributed by atoms with Crippen molar-refractivity contribution in [1.82, 2.24) is 19.8 Å². The summed E-state index contributed by atoms with van der Waals surface area (Å²) in [5.41, 5.74) is 0.313. The minimum atomic E-state index is -0.107. The van der Waals surface area contributed by atoms with Crippen molar-refractivity contribution in [1.29, 1.82) is 0 Å². The Hall–Kier alpha value is -1.20. The molecule has 0 unspecified atom stereocenters. The van der Waals surface area contributed by atoms with E-state index in [0.29, 0.717) is 5.69 Å². The Morgan fingerprint density at radius 2 is 2.16 bits per heavy atom. The molecule has 1 aliphatic heterocycles. The highest BCUT2D eigenvalue weighted by atomic mass is 35.5. The van der Waals surface area contributed by atoms with Gasteiger partial charge in [0.1, 0.15) is 10.8 Å². The zero-order valence-electron chi connectivity index (χ0n) is 11.3. The van der Waals surface area contributed by atoms with E-state index in [9.17, 15) is 4.79 Å². The van der Waals surface area contributed by atoms with Gasteiger partial charge in [-0.1, -0.05) is 18.5 Å². The Labute approximate surface area is 118 Å². The molecule has 1 aliphatic rings. The average Bonchev–Trinajstić information content (AvgIpc) is 2.46. The third kappa shape index (κ3) is 3.42. The fourth-order valence-electron chi connectivity index (χ4n) is 2.41. The molecule has 0 radical (unpaired) electrons. The van der Waals surface area contributed by atoms with Gasteiger partial charge in [-0.3, -0.25) is 9.78 Å². The van der Waals surface area contributed by atoms with Gasteiger partial charge in [0, 0.05) is 26.2 Å². The lowest BCUT2D eigenvalue weighted by Gasteiger charge is -2.36. The number of nitrogens with zero attached hydrogens (tertiary/aromatic N) is 4. The van der Waals surface area contributed by atoms with Crippen molar-refractivity contribution in [3.8, 4) is 0 Å². The highest BCUT2D eigenvalue weighted by Gasteiger charge is 2.26. The van der Waals surface area contributed by atoms with Crippen LogP contribution in [0.15, 0.2) is 12.4 Å². The van der Waals surface area contributed by atoms with Crippen molar-refractivity contribution in [2.75, 3.05) is 26.7 Å². The van der Waals surface area contributed by atoms with Crippen molar-refractivity contribution < 1.29 is 4.79 Å². The molecule has 5 nitrogen and oxygen atoms in total. The number of halogens is 1. The van der Waals surface area contributed by atoms with Crippen molar-refractivity contribution in [3.05, 3.63) is 23.2 Å². The molecular formula is C13H19ClN4O. The van der Waals surface area contributed by atoms with Gasteiger partial charge in [-0.2, -0.15) is 0 Å². The van der Waals surface area contributed by atoms with Gasteiger partial charge in [-0.25, -0.2) is 4.98 Å². The zero-order valence-corrected chi connectivity index (χ0v) is 12.1. The topological polar surface area (TPSA) is 49.3 Å². The summed E-state index contributed by atoms with van der Waals surface area (Å²) in [4.78, 5) is 24.4. The largest absolute Gasteiger partial charge is 0.337 e. The van der Waals surface area contributed by atoms with Gasteiger partial charge in [0.05, 0.1) is 12.4 Å². The van der Waals surface area contributed by atoms with E-state index < -0.39 is 0 Å². The van der Waals surface area contributed by atoms with Crippen molar-refractivity contribution in [2.45, 2.75) is 25.8 Å². The lowest BCUT2D eigenvalue weighted by atomic mass is 10.0. The molecule has 2 rings (SSSR count). The molecule has 0 N–H and O–H groups in total. The van der Waals surface area contributed by atoms with E-state index in [2.05, 4.69) is 21.8 Å². The molecule has 0 spiro atoms. The summed E-state index contributed by atoms with van der Waals surface area (Å²) in [7, 11) is 1.83. The number of piperidine rings is 1. The fourth-order valence-corrected chi connectivity index (χ4v) is 2.56. The molecule has 0 atom stereocenters. The second-order valence-electron chi connectivity index (χ2n) is 4.81. The Morgan fingerprint density at radius 1 is 1.47 bits per heavy atom. The predicted molar refractivity (Wildman–Crippen MR) is 74.3 cm³/mol. The summed E-state index contributed by atoms with van der Waals surface area (Å²) >= 11 is 5.77. The molecule has 0 aromatic carbocycles. The molecule has 1 amide bonds. The van der Waals surface area contributed by atoms with Crippen LogP contribution in [0, 0.1) is 0 Å². The highest BCUT2D eigenvalue weighted by Crippen LogP contribution is 2.17. The van der Waals surface area contributed by atoms with Crippen molar-refractivity contribution in [2.24, 2.45) is 0 Å². The fraction of sp³-hybridized carbons (Fsp3) is 0.615. The van der Waals surface area contributed by atoms with Crippen LogP contribution in [-0.4, -0.2) is 58.4 Å². The van der Waals surface area contributed by atoms with Crippen LogP contribution in [0.3, 0.4) is 0 Å². The van der Waals surface area contributed by atoms with Crippen molar-refractivity contribution >= 4 is 17.5 Å². The quantitative estimate of drug-likeness (QED) is 0.846. The van der Waals surface area contributed by atoms with E-state index >= 15 is 0 Å². The number of aromatic nitrogens is 2. The minimum absolute atomic E-state index is 0.107. The monoisotopic (exact) mass is 282 g/mol. The number of rotatable bonds is 3. The van der Waals surface area contributed by atoms with E-state index in [1.807, 2.05) is 7.05 Å². The molecule has 0 bridgehead atoms. The summed E-state index contributed by atoms with van der Waals surface area (Å²) in [6.45, 7) is 5.32. The van der Waals surface area contributed by atoms with Gasteiger partial charge in [-0.05, 0) is 19.4 Å². The van der Waals surface area contributed by atoms with E-state index in [1.165, 1.54) is 12.4 Å². The molecule has 0 saturated carbocycles. The van der Waals surface area contributed by atoms with Crippen LogP contribution in [0.2, 0.25) is 5.15 Å². The molecule has 1 aromatic heterocycles. The second kappa shape index (κ2) is 6.30.